The van der Waals surface area contributed by atoms with Crippen molar-refractivity contribution < 1.29 is 0 Å². The highest BCUT2D eigenvalue weighted by Gasteiger charge is 1.93. The van der Waals surface area contributed by atoms with Gasteiger partial charge in [-0.1, -0.05) is 116 Å². The Morgan fingerprint density at radius 1 is 0.364 bits per heavy atom. The van der Waals surface area contributed by atoms with Crippen molar-refractivity contribution >= 4 is 0 Å². The predicted octanol–water partition coefficient (Wildman–Crippen LogP) is 8.23. The summed E-state index contributed by atoms with van der Waals surface area (Å²) in [7, 11) is 0. The number of unbranched alkanes of at least 4 members (excludes halogenated alkanes) is 16. The molecule has 0 heteroatoms. The van der Waals surface area contributed by atoms with E-state index in [4.69, 9.17) is 0 Å². The van der Waals surface area contributed by atoms with Gasteiger partial charge < -0.3 is 0 Å². The lowest BCUT2D eigenvalue weighted by Gasteiger charge is -2.02. The van der Waals surface area contributed by atoms with Crippen LogP contribution >= 0.6 is 0 Å². The van der Waals surface area contributed by atoms with Gasteiger partial charge in [0.25, 0.3) is 0 Å². The summed E-state index contributed by atoms with van der Waals surface area (Å²) < 4.78 is 0. The van der Waals surface area contributed by atoms with E-state index in [2.05, 4.69) is 26.0 Å². The summed E-state index contributed by atoms with van der Waals surface area (Å²) in [5.41, 5.74) is 0. The van der Waals surface area contributed by atoms with Gasteiger partial charge >= 0.3 is 0 Å². The van der Waals surface area contributed by atoms with Gasteiger partial charge in [-0.15, -0.1) is 0 Å². The molecule has 0 aromatic rings. The Morgan fingerprint density at radius 2 is 0.682 bits per heavy atom. The lowest BCUT2D eigenvalue weighted by Crippen LogP contribution is -1.83. The molecule has 130 valence electrons. The van der Waals surface area contributed by atoms with Crippen molar-refractivity contribution in [1.29, 1.82) is 0 Å². The molecule has 0 aliphatic carbocycles. The molecule has 0 N–H and O–H groups in total. The fourth-order valence-electron chi connectivity index (χ4n) is 2.88. The maximum Gasteiger partial charge on any atom is -0.0351 e. The predicted molar refractivity (Wildman–Crippen MR) is 103 cm³/mol. The molecule has 0 aromatic carbocycles. The summed E-state index contributed by atoms with van der Waals surface area (Å²) in [6, 6.07) is 0. The highest BCUT2D eigenvalue weighted by Crippen LogP contribution is 2.13. The molecule has 0 saturated carbocycles. The van der Waals surface area contributed by atoms with Crippen LogP contribution in [0.1, 0.15) is 116 Å². The van der Waals surface area contributed by atoms with Crippen molar-refractivity contribution in [2.45, 2.75) is 116 Å². The summed E-state index contributed by atoms with van der Waals surface area (Å²) in [5.74, 6) is 0. The summed E-state index contributed by atoms with van der Waals surface area (Å²) in [5, 5.41) is 0. The van der Waals surface area contributed by atoms with Crippen LogP contribution in [0.25, 0.3) is 0 Å². The Kier molecular flexibility index (Phi) is 20.5. The molecule has 0 atom stereocenters. The zero-order chi connectivity index (χ0) is 16.1. The van der Waals surface area contributed by atoms with Crippen LogP contribution in [0.3, 0.4) is 0 Å². The maximum atomic E-state index is 3.89. The fourth-order valence-corrected chi connectivity index (χ4v) is 2.88. The van der Waals surface area contributed by atoms with E-state index in [1.807, 2.05) is 0 Å². The number of hydrogen-bond acceptors (Lipinski definition) is 0. The normalized spacial score (nSPS) is 11.5. The van der Waals surface area contributed by atoms with Gasteiger partial charge in [-0.2, -0.15) is 0 Å². The summed E-state index contributed by atoms with van der Waals surface area (Å²) in [4.78, 5) is 0. The lowest BCUT2D eigenvalue weighted by molar-refractivity contribution is 0.537. The van der Waals surface area contributed by atoms with Gasteiger partial charge in [-0.3, -0.25) is 0 Å². The van der Waals surface area contributed by atoms with E-state index in [-0.39, 0.29) is 0 Å². The fraction of sp³-hybridized carbons (Fsp3) is 0.818. The monoisotopic (exact) mass is 306 g/mol. The molecule has 0 aliphatic rings. The average molecular weight is 307 g/mol. The highest BCUT2D eigenvalue weighted by molar-refractivity contribution is 4.81. The molecule has 0 aromatic heterocycles. The molecule has 22 heavy (non-hydrogen) atoms. The van der Waals surface area contributed by atoms with E-state index in [0.717, 1.165) is 12.8 Å². The van der Waals surface area contributed by atoms with Gasteiger partial charge in [-0.05, 0) is 25.7 Å². The van der Waals surface area contributed by atoms with E-state index in [9.17, 15) is 0 Å². The van der Waals surface area contributed by atoms with Crippen LogP contribution in [0.4, 0.5) is 0 Å². The molecule has 0 amide bonds. The van der Waals surface area contributed by atoms with Crippen molar-refractivity contribution in [3.05, 3.63) is 26.0 Å². The zero-order valence-corrected chi connectivity index (χ0v) is 15.3. The average Bonchev–Trinajstić information content (AvgIpc) is 2.54. The first-order chi connectivity index (χ1) is 10.9. The van der Waals surface area contributed by atoms with Gasteiger partial charge in [0.05, 0.1) is 0 Å². The molecule has 0 heterocycles. The van der Waals surface area contributed by atoms with Crippen molar-refractivity contribution in [1.82, 2.24) is 0 Å². The zero-order valence-electron chi connectivity index (χ0n) is 15.3. The second-order valence-corrected chi connectivity index (χ2v) is 6.71. The first-order valence-electron chi connectivity index (χ1n) is 10.1. The van der Waals surface area contributed by atoms with Crippen LogP contribution in [0, 0.1) is 13.8 Å². The highest BCUT2D eigenvalue weighted by atomic mass is 14.0. The molecule has 0 spiro atoms. The Morgan fingerprint density at radius 3 is 1.09 bits per heavy atom. The Hall–Kier alpha value is -0.260. The first-order valence-corrected chi connectivity index (χ1v) is 10.1. The third-order valence-electron chi connectivity index (χ3n) is 4.41. The van der Waals surface area contributed by atoms with Crippen LogP contribution in [-0.4, -0.2) is 0 Å². The lowest BCUT2D eigenvalue weighted by atomic mass is 10.0. The molecule has 0 saturated heterocycles. The second kappa shape index (κ2) is 20.7. The minimum Gasteiger partial charge on any atom is -0.0885 e. The molecule has 0 bridgehead atoms. The van der Waals surface area contributed by atoms with Gasteiger partial charge in [0, 0.05) is 0 Å². The summed E-state index contributed by atoms with van der Waals surface area (Å²) in [6.45, 7) is 7.76. The van der Waals surface area contributed by atoms with E-state index in [1.54, 1.807) is 0 Å². The smallest absolute Gasteiger partial charge is 0.0351 e. The van der Waals surface area contributed by atoms with E-state index < -0.39 is 0 Å². The van der Waals surface area contributed by atoms with E-state index in [0.29, 0.717) is 0 Å². The van der Waals surface area contributed by atoms with E-state index in [1.165, 1.54) is 103 Å². The Bertz CT molecular complexity index is 204. The molecular formula is C22H42. The van der Waals surface area contributed by atoms with Crippen molar-refractivity contribution in [3.63, 3.8) is 0 Å². The van der Waals surface area contributed by atoms with Crippen molar-refractivity contribution in [2.75, 3.05) is 0 Å². The Balaban J connectivity index is 2.98. The molecule has 2 radical (unpaired) electrons. The standard InChI is InChI=1S/C22H42/c1-3-5-7-9-11-13-15-17-19-21-22-20-18-16-14-12-10-8-6-4-2/h9,11H,1-8,10,12-22H2/b11-9+. The molecule has 0 rings (SSSR count). The van der Waals surface area contributed by atoms with Gasteiger partial charge in [0.15, 0.2) is 0 Å². The molecule has 0 aliphatic heterocycles. The number of hydrogen-bond donors (Lipinski definition) is 0. The maximum absolute atomic E-state index is 3.89. The van der Waals surface area contributed by atoms with Crippen LogP contribution in [0.15, 0.2) is 12.2 Å². The first kappa shape index (κ1) is 21.7. The summed E-state index contributed by atoms with van der Waals surface area (Å²) in [6.07, 6.45) is 29.2. The van der Waals surface area contributed by atoms with Crippen LogP contribution < -0.4 is 0 Å². The van der Waals surface area contributed by atoms with Crippen LogP contribution in [0.2, 0.25) is 0 Å². The molecular weight excluding hydrogens is 264 g/mol. The second-order valence-electron chi connectivity index (χ2n) is 6.71. The third kappa shape index (κ3) is 19.7. The molecule has 0 nitrogen and oxygen atoms in total. The quantitative estimate of drug-likeness (QED) is 0.177. The summed E-state index contributed by atoms with van der Waals surface area (Å²) >= 11 is 0. The topological polar surface area (TPSA) is 0 Å². The van der Waals surface area contributed by atoms with Gasteiger partial charge in [-0.25, -0.2) is 0 Å². The SMILES string of the molecule is [CH2]CCC/C=C/CCCCCCCCCCCCCCC[CH2]. The van der Waals surface area contributed by atoms with Gasteiger partial charge in [0.1, 0.15) is 0 Å². The van der Waals surface area contributed by atoms with Crippen molar-refractivity contribution in [2.24, 2.45) is 0 Å². The number of rotatable bonds is 18. The van der Waals surface area contributed by atoms with Crippen LogP contribution in [0.5, 0.6) is 0 Å². The largest absolute Gasteiger partial charge is 0.0885 e. The number of allylic oxidation sites excluding steroid dienone is 2. The Labute approximate surface area is 142 Å². The third-order valence-corrected chi connectivity index (χ3v) is 4.41. The minimum atomic E-state index is 1.07. The minimum absolute atomic E-state index is 1.07. The van der Waals surface area contributed by atoms with E-state index >= 15 is 0 Å². The molecule has 0 unspecified atom stereocenters. The van der Waals surface area contributed by atoms with Crippen molar-refractivity contribution in [3.8, 4) is 0 Å². The molecule has 0 fully saturated rings. The van der Waals surface area contributed by atoms with Crippen LogP contribution in [-0.2, 0) is 0 Å². The van der Waals surface area contributed by atoms with Gasteiger partial charge in [0.2, 0.25) is 0 Å².